The van der Waals surface area contributed by atoms with Gasteiger partial charge in [0.1, 0.15) is 5.82 Å². The van der Waals surface area contributed by atoms with Crippen LogP contribution in [0.5, 0.6) is 0 Å². The van der Waals surface area contributed by atoms with Crippen LogP contribution in [0.25, 0.3) is 22.3 Å². The highest BCUT2D eigenvalue weighted by Gasteiger charge is 2.13. The van der Waals surface area contributed by atoms with Crippen molar-refractivity contribution in [3.05, 3.63) is 168 Å². The molecule has 3 N–H and O–H groups in total. The average molecular weight is 855 g/mol. The van der Waals surface area contributed by atoms with E-state index < -0.39 is 0 Å². The number of carbonyl (C=O) groups excluding carboxylic acids is 2. The molecule has 4 aromatic carbocycles. The normalized spacial score (nSPS) is 13.3. The number of anilines is 2. The topological polar surface area (TPSA) is 132 Å². The molecule has 2 aromatic heterocycles. The third-order valence-electron chi connectivity index (χ3n) is 10.4. The van der Waals surface area contributed by atoms with Crippen molar-refractivity contribution in [1.29, 1.82) is 0 Å². The number of morpholine rings is 2. The number of hydrogen-bond acceptors (Lipinski definition) is 10. The van der Waals surface area contributed by atoms with Gasteiger partial charge < -0.3 is 35.1 Å². The van der Waals surface area contributed by atoms with Crippen molar-refractivity contribution in [3.8, 4) is 22.3 Å². The highest BCUT2D eigenvalue weighted by Crippen LogP contribution is 2.25. The minimum Gasteiger partial charge on any atom is -0.469 e. The fraction of sp³-hybridized carbons (Fsp3) is 0.294. The maximum Gasteiger partial charge on any atom is 0.311 e. The fourth-order valence-corrected chi connectivity index (χ4v) is 6.91. The monoisotopic (exact) mass is 854 g/mol. The van der Waals surface area contributed by atoms with E-state index in [0.29, 0.717) is 18.8 Å². The van der Waals surface area contributed by atoms with Gasteiger partial charge in [0.25, 0.3) is 0 Å². The van der Waals surface area contributed by atoms with Crippen molar-refractivity contribution in [2.45, 2.75) is 40.3 Å². The molecule has 0 radical (unpaired) electrons. The molecule has 2 saturated heterocycles. The van der Waals surface area contributed by atoms with Gasteiger partial charge in [-0.25, -0.2) is 4.39 Å². The standard InChI is InChI=1S/C25H27N3O2.C18H20N2O3.C7H8FN.CH4/c1-19-3-2-4-20(15-19)17-27-25(29)16-23-8-5-22(18-26-23)21-6-9-24(10-7-21)28-11-13-30-14-12-28;1-22-18(21)12-16-5-2-15(13-19-16)14-3-6-17(7-4-14)20-8-10-23-11-9-20;8-7-3-1-2-6(4-7)5-9;/h2-10,15,18H,11-14,16-17H2,1H3,(H,27,29);2-7,13H,8-12H2,1H3;1-4H,5,9H2;1H4. The van der Waals surface area contributed by atoms with E-state index in [1.165, 1.54) is 36.2 Å². The quantitative estimate of drug-likeness (QED) is 0.124. The van der Waals surface area contributed by atoms with E-state index >= 15 is 0 Å². The van der Waals surface area contributed by atoms with Crippen LogP contribution < -0.4 is 20.9 Å². The molecule has 0 aliphatic carbocycles. The number of pyridine rings is 2. The second kappa shape index (κ2) is 24.8. The molecule has 6 aromatic rings. The molecule has 8 rings (SSSR count). The number of esters is 1. The number of hydrogen-bond donors (Lipinski definition) is 2. The number of nitrogens with two attached hydrogens (primary N) is 1. The van der Waals surface area contributed by atoms with Crippen molar-refractivity contribution in [1.82, 2.24) is 15.3 Å². The Labute approximate surface area is 371 Å². The van der Waals surface area contributed by atoms with Gasteiger partial charge >= 0.3 is 5.97 Å². The number of benzene rings is 4. The van der Waals surface area contributed by atoms with Crippen molar-refractivity contribution < 1.29 is 28.2 Å². The van der Waals surface area contributed by atoms with Gasteiger partial charge in [-0.3, -0.25) is 19.6 Å². The van der Waals surface area contributed by atoms with E-state index in [2.05, 4.69) is 84.4 Å². The van der Waals surface area contributed by atoms with Crippen LogP contribution in [0.4, 0.5) is 15.8 Å². The zero-order valence-corrected chi connectivity index (χ0v) is 35.5. The second-order valence-corrected chi connectivity index (χ2v) is 14.9. The minimum absolute atomic E-state index is 0. The third-order valence-corrected chi connectivity index (χ3v) is 10.4. The summed E-state index contributed by atoms with van der Waals surface area (Å²) in [7, 11) is 1.38. The van der Waals surface area contributed by atoms with Gasteiger partial charge in [-0.1, -0.05) is 85.8 Å². The van der Waals surface area contributed by atoms with Gasteiger partial charge in [0.05, 0.1) is 52.1 Å². The number of aromatic nitrogens is 2. The first-order valence-electron chi connectivity index (χ1n) is 20.9. The Bertz CT molecular complexity index is 2300. The van der Waals surface area contributed by atoms with Gasteiger partial charge in [0.2, 0.25) is 5.91 Å². The van der Waals surface area contributed by atoms with Gasteiger partial charge in [0.15, 0.2) is 0 Å². The summed E-state index contributed by atoms with van der Waals surface area (Å²) in [6.45, 7) is 9.85. The summed E-state index contributed by atoms with van der Waals surface area (Å²) in [6, 6.07) is 39.2. The lowest BCUT2D eigenvalue weighted by Gasteiger charge is -2.28. The summed E-state index contributed by atoms with van der Waals surface area (Å²) < 4.78 is 27.7. The molecule has 2 aliphatic rings. The second-order valence-electron chi connectivity index (χ2n) is 14.9. The van der Waals surface area contributed by atoms with E-state index in [-0.39, 0.29) is 38.0 Å². The Morgan fingerprint density at radius 1 is 0.667 bits per heavy atom. The number of amides is 1. The zero-order chi connectivity index (χ0) is 43.5. The predicted molar refractivity (Wildman–Crippen MR) is 249 cm³/mol. The van der Waals surface area contributed by atoms with Crippen LogP contribution >= 0.6 is 0 Å². The predicted octanol–water partition coefficient (Wildman–Crippen LogP) is 7.97. The maximum atomic E-state index is 12.3. The van der Waals surface area contributed by atoms with Crippen molar-refractivity contribution >= 4 is 23.3 Å². The van der Waals surface area contributed by atoms with Gasteiger partial charge in [-0.15, -0.1) is 0 Å². The van der Waals surface area contributed by atoms with E-state index in [1.807, 2.05) is 55.6 Å². The van der Waals surface area contributed by atoms with E-state index in [9.17, 15) is 14.0 Å². The number of rotatable bonds is 11. The summed E-state index contributed by atoms with van der Waals surface area (Å²) in [5.74, 6) is -0.523. The molecule has 2 fully saturated rings. The Morgan fingerprint density at radius 3 is 1.60 bits per heavy atom. The molecule has 12 heteroatoms. The average Bonchev–Trinajstić information content (AvgIpc) is 3.32. The first kappa shape index (κ1) is 47.6. The SMILES string of the molecule is C.COC(=O)Cc1ccc(-c2ccc(N3CCOCC3)cc2)cn1.Cc1cccc(CNC(=O)Cc2ccc(-c3ccc(N4CCOCC4)cc3)cn2)c1.NCc1cccc(F)c1. The number of methoxy groups -OCH3 is 1. The molecule has 0 bridgehead atoms. The van der Waals surface area contributed by atoms with Crippen LogP contribution in [-0.2, 0) is 49.7 Å². The number of ether oxygens (including phenoxy) is 3. The van der Waals surface area contributed by atoms with Crippen LogP contribution in [0.15, 0.2) is 134 Å². The molecule has 0 unspecified atom stereocenters. The highest BCUT2D eigenvalue weighted by atomic mass is 19.1. The minimum atomic E-state index is -0.278. The van der Waals surface area contributed by atoms with Crippen LogP contribution in [0.3, 0.4) is 0 Å². The summed E-state index contributed by atoms with van der Waals surface area (Å²) in [6.07, 6.45) is 4.11. The molecule has 0 saturated carbocycles. The molecule has 4 heterocycles. The van der Waals surface area contributed by atoms with E-state index in [1.54, 1.807) is 18.3 Å². The third kappa shape index (κ3) is 15.1. The lowest BCUT2D eigenvalue weighted by molar-refractivity contribution is -0.139. The molecular weight excluding hydrogens is 796 g/mol. The Hall–Kier alpha value is -6.47. The first-order valence-corrected chi connectivity index (χ1v) is 20.9. The molecule has 63 heavy (non-hydrogen) atoms. The number of halogens is 1. The number of nitrogens with one attached hydrogen (secondary N) is 1. The lowest BCUT2D eigenvalue weighted by Crippen LogP contribution is -2.36. The number of nitrogens with zero attached hydrogens (tertiary/aromatic N) is 4. The number of aryl methyl sites for hydroxylation is 1. The van der Waals surface area contributed by atoms with Crippen LogP contribution in [0, 0.1) is 12.7 Å². The molecule has 0 spiro atoms. The highest BCUT2D eigenvalue weighted by molar-refractivity contribution is 5.78. The Balaban J connectivity index is 0.000000200. The maximum absolute atomic E-state index is 12.3. The van der Waals surface area contributed by atoms with Crippen molar-refractivity contribution in [3.63, 3.8) is 0 Å². The first-order chi connectivity index (χ1) is 30.3. The summed E-state index contributed by atoms with van der Waals surface area (Å²) in [4.78, 5) is 37.0. The molecule has 1 amide bonds. The molecule has 11 nitrogen and oxygen atoms in total. The van der Waals surface area contributed by atoms with Gasteiger partial charge in [-0.2, -0.15) is 0 Å². The molecule has 2 aliphatic heterocycles. The fourth-order valence-electron chi connectivity index (χ4n) is 6.91. The molecule has 330 valence electrons. The van der Waals surface area contributed by atoms with Crippen LogP contribution in [0.1, 0.15) is 35.5 Å². The summed E-state index contributed by atoms with van der Waals surface area (Å²) in [5.41, 5.74) is 16.6. The lowest BCUT2D eigenvalue weighted by atomic mass is 10.1. The van der Waals surface area contributed by atoms with Crippen molar-refractivity contribution in [2.75, 3.05) is 69.5 Å². The largest absolute Gasteiger partial charge is 0.469 e. The summed E-state index contributed by atoms with van der Waals surface area (Å²) in [5, 5.41) is 2.97. The number of carbonyl (C=O) groups is 2. The van der Waals surface area contributed by atoms with Crippen molar-refractivity contribution in [2.24, 2.45) is 5.73 Å². The Kier molecular flexibility index (Phi) is 18.8. The molecular formula is C51H59FN6O5. The molecule has 0 atom stereocenters. The van der Waals surface area contributed by atoms with Gasteiger partial charge in [0, 0.05) is 79.9 Å². The van der Waals surface area contributed by atoms with E-state index in [4.69, 9.17) is 15.2 Å². The van der Waals surface area contributed by atoms with E-state index in [0.717, 1.165) is 91.7 Å². The Morgan fingerprint density at radius 2 is 1.16 bits per heavy atom. The smallest absolute Gasteiger partial charge is 0.311 e. The zero-order valence-electron chi connectivity index (χ0n) is 35.5. The van der Waals surface area contributed by atoms with Crippen LogP contribution in [0.2, 0.25) is 0 Å². The van der Waals surface area contributed by atoms with Gasteiger partial charge in [-0.05, 0) is 77.7 Å². The van der Waals surface area contributed by atoms with Crippen LogP contribution in [-0.4, -0.2) is 81.6 Å². The summed E-state index contributed by atoms with van der Waals surface area (Å²) >= 11 is 0.